The highest BCUT2D eigenvalue weighted by atomic mass is 16.5. The predicted octanol–water partition coefficient (Wildman–Crippen LogP) is 2.52. The van der Waals surface area contributed by atoms with Gasteiger partial charge >= 0.3 is 0 Å². The molecule has 0 atom stereocenters. The molecule has 16 heavy (non-hydrogen) atoms. The highest BCUT2D eigenvalue weighted by Gasteiger charge is 2.31. The lowest BCUT2D eigenvalue weighted by atomic mass is 9.89. The molecule has 0 saturated heterocycles. The zero-order chi connectivity index (χ0) is 11.6. The zero-order valence-corrected chi connectivity index (χ0v) is 9.70. The van der Waals surface area contributed by atoms with E-state index in [2.05, 4.69) is 0 Å². The zero-order valence-electron chi connectivity index (χ0n) is 9.70. The predicted molar refractivity (Wildman–Crippen MR) is 63.6 cm³/mol. The number of nitrogens with two attached hydrogens (primary N) is 1. The fourth-order valence-electron chi connectivity index (χ4n) is 2.39. The second kappa shape index (κ2) is 4.34. The van der Waals surface area contributed by atoms with Crippen LogP contribution in [0, 0.1) is 0 Å². The van der Waals surface area contributed by atoms with E-state index in [0.717, 1.165) is 18.4 Å². The topological polar surface area (TPSA) is 55.5 Å². The average Bonchev–Trinajstić information content (AvgIpc) is 2.70. The molecule has 3 nitrogen and oxygen atoms in total. The van der Waals surface area contributed by atoms with Crippen molar-refractivity contribution in [1.82, 2.24) is 0 Å². The van der Waals surface area contributed by atoms with Gasteiger partial charge in [0.05, 0.1) is 6.61 Å². The maximum Gasteiger partial charge on any atom is 0.161 e. The molecule has 0 heterocycles. The monoisotopic (exact) mass is 221 g/mol. The van der Waals surface area contributed by atoms with Gasteiger partial charge in [0.25, 0.3) is 0 Å². The lowest BCUT2D eigenvalue weighted by molar-refractivity contribution is 0.316. The Morgan fingerprint density at radius 2 is 2.06 bits per heavy atom. The third-order valence-electron chi connectivity index (χ3n) is 3.33. The second-order valence-electron chi connectivity index (χ2n) is 4.48. The molecular weight excluding hydrogens is 202 g/mol. The van der Waals surface area contributed by atoms with Gasteiger partial charge in [-0.25, -0.2) is 0 Å². The normalized spacial score (nSPS) is 18.6. The van der Waals surface area contributed by atoms with Crippen LogP contribution in [0.5, 0.6) is 11.5 Å². The summed E-state index contributed by atoms with van der Waals surface area (Å²) in [6.45, 7) is 2.45. The van der Waals surface area contributed by atoms with Crippen LogP contribution in [0.2, 0.25) is 0 Å². The summed E-state index contributed by atoms with van der Waals surface area (Å²) in [5, 5.41) is 9.63. The summed E-state index contributed by atoms with van der Waals surface area (Å²) in [6, 6.07) is 5.46. The van der Waals surface area contributed by atoms with Gasteiger partial charge in [-0.3, -0.25) is 0 Å². The van der Waals surface area contributed by atoms with Crippen molar-refractivity contribution >= 4 is 0 Å². The standard InChI is InChI=1S/C13H19NO2/c1-2-16-12-9-10(5-6-11(12)15)13(14)7-3-4-8-13/h5-6,9,15H,2-4,7-8,14H2,1H3. The van der Waals surface area contributed by atoms with Crippen molar-refractivity contribution in [2.24, 2.45) is 5.73 Å². The number of aromatic hydroxyl groups is 1. The highest BCUT2D eigenvalue weighted by Crippen LogP contribution is 2.39. The number of rotatable bonds is 3. The van der Waals surface area contributed by atoms with Crippen molar-refractivity contribution in [1.29, 1.82) is 0 Å². The molecule has 88 valence electrons. The Kier molecular flexibility index (Phi) is 3.06. The van der Waals surface area contributed by atoms with E-state index in [-0.39, 0.29) is 11.3 Å². The van der Waals surface area contributed by atoms with Crippen LogP contribution < -0.4 is 10.5 Å². The van der Waals surface area contributed by atoms with Gasteiger partial charge < -0.3 is 15.6 Å². The van der Waals surface area contributed by atoms with Crippen LogP contribution in [0.4, 0.5) is 0 Å². The molecular formula is C13H19NO2. The second-order valence-corrected chi connectivity index (χ2v) is 4.48. The van der Waals surface area contributed by atoms with Gasteiger partial charge in [0.15, 0.2) is 11.5 Å². The van der Waals surface area contributed by atoms with E-state index in [1.54, 1.807) is 6.07 Å². The number of hydrogen-bond donors (Lipinski definition) is 2. The number of hydrogen-bond acceptors (Lipinski definition) is 3. The molecule has 0 radical (unpaired) electrons. The van der Waals surface area contributed by atoms with Crippen LogP contribution in [0.1, 0.15) is 38.2 Å². The van der Waals surface area contributed by atoms with Crippen LogP contribution >= 0.6 is 0 Å². The van der Waals surface area contributed by atoms with E-state index in [0.29, 0.717) is 12.4 Å². The molecule has 0 aromatic heterocycles. The summed E-state index contributed by atoms with van der Waals surface area (Å²) < 4.78 is 5.38. The molecule has 0 unspecified atom stereocenters. The van der Waals surface area contributed by atoms with E-state index in [1.807, 2.05) is 19.1 Å². The minimum atomic E-state index is -0.223. The van der Waals surface area contributed by atoms with Crippen molar-refractivity contribution in [3.63, 3.8) is 0 Å². The van der Waals surface area contributed by atoms with Crippen molar-refractivity contribution in [2.75, 3.05) is 6.61 Å². The summed E-state index contributed by atoms with van der Waals surface area (Å²) in [6.07, 6.45) is 4.40. The summed E-state index contributed by atoms with van der Waals surface area (Å²) in [4.78, 5) is 0. The molecule has 1 saturated carbocycles. The molecule has 3 N–H and O–H groups in total. The van der Waals surface area contributed by atoms with Crippen LogP contribution in [0.15, 0.2) is 18.2 Å². The molecule has 1 aromatic carbocycles. The Balaban J connectivity index is 2.31. The molecule has 3 heteroatoms. The van der Waals surface area contributed by atoms with Crippen LogP contribution in [-0.4, -0.2) is 11.7 Å². The highest BCUT2D eigenvalue weighted by molar-refractivity contribution is 5.44. The molecule has 0 spiro atoms. The number of phenolic OH excluding ortho intramolecular Hbond substituents is 1. The smallest absolute Gasteiger partial charge is 0.161 e. The maximum atomic E-state index is 9.63. The summed E-state index contributed by atoms with van der Waals surface area (Å²) >= 11 is 0. The number of ether oxygens (including phenoxy) is 1. The third-order valence-corrected chi connectivity index (χ3v) is 3.33. The van der Waals surface area contributed by atoms with Crippen LogP contribution in [0.3, 0.4) is 0 Å². The Morgan fingerprint density at radius 1 is 1.38 bits per heavy atom. The van der Waals surface area contributed by atoms with E-state index in [9.17, 15) is 5.11 Å². The van der Waals surface area contributed by atoms with Gasteiger partial charge in [0.2, 0.25) is 0 Å². The van der Waals surface area contributed by atoms with Gasteiger partial charge in [-0.15, -0.1) is 0 Å². The first kappa shape index (κ1) is 11.3. The van der Waals surface area contributed by atoms with Gasteiger partial charge in [-0.1, -0.05) is 18.9 Å². The lowest BCUT2D eigenvalue weighted by Crippen LogP contribution is -2.32. The Hall–Kier alpha value is -1.22. The first-order chi connectivity index (χ1) is 7.65. The molecule has 1 aliphatic rings. The molecule has 1 fully saturated rings. The maximum absolute atomic E-state index is 9.63. The van der Waals surface area contributed by atoms with Gasteiger partial charge in [0, 0.05) is 5.54 Å². The quantitative estimate of drug-likeness (QED) is 0.824. The van der Waals surface area contributed by atoms with Crippen LogP contribution in [-0.2, 0) is 5.54 Å². The Bertz CT molecular complexity index is 370. The molecule has 1 aliphatic carbocycles. The van der Waals surface area contributed by atoms with Crippen molar-refractivity contribution < 1.29 is 9.84 Å². The third kappa shape index (κ3) is 2.00. The first-order valence-corrected chi connectivity index (χ1v) is 5.91. The molecule has 1 aromatic rings. The van der Waals surface area contributed by atoms with Crippen molar-refractivity contribution in [3.05, 3.63) is 23.8 Å². The molecule has 2 rings (SSSR count). The lowest BCUT2D eigenvalue weighted by Gasteiger charge is -2.24. The number of benzene rings is 1. The Labute approximate surface area is 96.2 Å². The molecule has 0 amide bonds. The molecule has 0 aliphatic heterocycles. The largest absolute Gasteiger partial charge is 0.504 e. The summed E-state index contributed by atoms with van der Waals surface area (Å²) in [7, 11) is 0. The molecule has 0 bridgehead atoms. The van der Waals surface area contributed by atoms with Crippen molar-refractivity contribution in [2.45, 2.75) is 38.1 Å². The van der Waals surface area contributed by atoms with E-state index < -0.39 is 0 Å². The minimum absolute atomic E-state index is 0.187. The fraction of sp³-hybridized carbons (Fsp3) is 0.538. The van der Waals surface area contributed by atoms with E-state index in [4.69, 9.17) is 10.5 Å². The minimum Gasteiger partial charge on any atom is -0.504 e. The van der Waals surface area contributed by atoms with Gasteiger partial charge in [-0.05, 0) is 37.5 Å². The Morgan fingerprint density at radius 3 is 2.69 bits per heavy atom. The number of phenols is 1. The van der Waals surface area contributed by atoms with E-state index >= 15 is 0 Å². The summed E-state index contributed by atoms with van der Waals surface area (Å²) in [5.41, 5.74) is 7.21. The van der Waals surface area contributed by atoms with E-state index in [1.165, 1.54) is 12.8 Å². The van der Waals surface area contributed by atoms with Gasteiger partial charge in [-0.2, -0.15) is 0 Å². The van der Waals surface area contributed by atoms with Gasteiger partial charge in [0.1, 0.15) is 0 Å². The SMILES string of the molecule is CCOc1cc(C2(N)CCCC2)ccc1O. The average molecular weight is 221 g/mol. The first-order valence-electron chi connectivity index (χ1n) is 5.91. The van der Waals surface area contributed by atoms with Crippen molar-refractivity contribution in [3.8, 4) is 11.5 Å². The van der Waals surface area contributed by atoms with Crippen LogP contribution in [0.25, 0.3) is 0 Å². The fourth-order valence-corrected chi connectivity index (χ4v) is 2.39. The summed E-state index contributed by atoms with van der Waals surface area (Å²) in [5.74, 6) is 0.726.